The number of carbonyl (C=O) groups excluding carboxylic acids is 2. The molecule has 1 unspecified atom stereocenters. The fraction of sp³-hybridized carbons (Fsp3) is 0.348. The third-order valence-electron chi connectivity index (χ3n) is 5.24. The van der Waals surface area contributed by atoms with E-state index in [-0.39, 0.29) is 5.57 Å². The van der Waals surface area contributed by atoms with Gasteiger partial charge in [-0.05, 0) is 34.7 Å². The molecule has 152 valence electrons. The number of pyridine rings is 1. The highest BCUT2D eigenvalue weighted by atomic mass is 16.3. The molecule has 2 aromatic rings. The summed E-state index contributed by atoms with van der Waals surface area (Å²) in [5.74, 6) is -1.37. The Morgan fingerprint density at radius 2 is 1.72 bits per heavy atom. The zero-order valence-electron chi connectivity index (χ0n) is 17.3. The molecule has 6 heteroatoms. The van der Waals surface area contributed by atoms with Crippen molar-refractivity contribution in [2.75, 3.05) is 27.2 Å². The van der Waals surface area contributed by atoms with E-state index in [0.29, 0.717) is 24.6 Å². The van der Waals surface area contributed by atoms with E-state index in [2.05, 4.69) is 18.8 Å². The molecule has 29 heavy (non-hydrogen) atoms. The van der Waals surface area contributed by atoms with Crippen LogP contribution >= 0.6 is 0 Å². The lowest BCUT2D eigenvalue weighted by Gasteiger charge is -2.28. The highest BCUT2D eigenvalue weighted by molar-refractivity contribution is 6.46. The summed E-state index contributed by atoms with van der Waals surface area (Å²) in [4.78, 5) is 32.3. The predicted octanol–water partition coefficient (Wildman–Crippen LogP) is 0.574. The second-order valence-electron chi connectivity index (χ2n) is 7.99. The average Bonchev–Trinajstić information content (AvgIpc) is 2.97. The van der Waals surface area contributed by atoms with E-state index in [1.165, 1.54) is 17.3 Å². The first-order chi connectivity index (χ1) is 13.8. The lowest BCUT2D eigenvalue weighted by molar-refractivity contribution is -0.857. The topological polar surface area (TPSA) is 77.8 Å². The van der Waals surface area contributed by atoms with Gasteiger partial charge in [-0.3, -0.25) is 14.6 Å². The van der Waals surface area contributed by atoms with Gasteiger partial charge >= 0.3 is 0 Å². The van der Waals surface area contributed by atoms with Gasteiger partial charge in [0.25, 0.3) is 5.91 Å². The maximum Gasteiger partial charge on any atom is 0.295 e. The van der Waals surface area contributed by atoms with E-state index in [1.54, 1.807) is 12.1 Å². The SMILES string of the molecule is CC(C)c1ccc(C2C(=C([O-])c3ccncc3)C(=O)C(=O)N2CC[NH+](C)C)cc1. The smallest absolute Gasteiger partial charge is 0.295 e. The van der Waals surface area contributed by atoms with Crippen LogP contribution in [-0.4, -0.2) is 48.8 Å². The van der Waals surface area contributed by atoms with Crippen molar-refractivity contribution in [1.82, 2.24) is 9.88 Å². The molecule has 1 amide bonds. The molecule has 1 aliphatic rings. The van der Waals surface area contributed by atoms with Crippen LogP contribution in [0.15, 0.2) is 54.4 Å². The van der Waals surface area contributed by atoms with E-state index in [1.807, 2.05) is 38.4 Å². The van der Waals surface area contributed by atoms with Crippen LogP contribution in [0.4, 0.5) is 0 Å². The Kier molecular flexibility index (Phi) is 6.13. The number of carbonyl (C=O) groups is 2. The van der Waals surface area contributed by atoms with Crippen LogP contribution in [0, 0.1) is 0 Å². The monoisotopic (exact) mass is 393 g/mol. The van der Waals surface area contributed by atoms with Gasteiger partial charge in [-0.2, -0.15) is 0 Å². The van der Waals surface area contributed by atoms with Gasteiger partial charge < -0.3 is 14.9 Å². The second-order valence-corrected chi connectivity index (χ2v) is 7.99. The zero-order chi connectivity index (χ0) is 21.1. The summed E-state index contributed by atoms with van der Waals surface area (Å²) in [5.41, 5.74) is 2.32. The molecule has 1 aromatic carbocycles. The van der Waals surface area contributed by atoms with Crippen LogP contribution in [0.2, 0.25) is 0 Å². The Bertz CT molecular complexity index is 918. The summed E-state index contributed by atoms with van der Waals surface area (Å²) in [7, 11) is 3.98. The van der Waals surface area contributed by atoms with E-state index in [4.69, 9.17) is 0 Å². The minimum absolute atomic E-state index is 0.0206. The molecule has 0 saturated carbocycles. The van der Waals surface area contributed by atoms with Crippen molar-refractivity contribution in [2.45, 2.75) is 25.8 Å². The van der Waals surface area contributed by atoms with Crippen LogP contribution in [0.5, 0.6) is 0 Å². The molecular weight excluding hydrogens is 366 g/mol. The molecule has 3 rings (SSSR count). The van der Waals surface area contributed by atoms with Gasteiger partial charge in [0.2, 0.25) is 5.78 Å². The highest BCUT2D eigenvalue weighted by Gasteiger charge is 2.44. The summed E-state index contributed by atoms with van der Waals surface area (Å²) in [6.07, 6.45) is 3.02. The summed E-state index contributed by atoms with van der Waals surface area (Å²) in [6, 6.07) is 10.3. The van der Waals surface area contributed by atoms with E-state index < -0.39 is 23.5 Å². The molecule has 1 fully saturated rings. The van der Waals surface area contributed by atoms with E-state index >= 15 is 0 Å². The molecule has 2 heterocycles. The number of quaternary nitrogens is 1. The number of hydrogen-bond acceptors (Lipinski definition) is 4. The molecule has 1 atom stereocenters. The predicted molar refractivity (Wildman–Crippen MR) is 109 cm³/mol. The summed E-state index contributed by atoms with van der Waals surface area (Å²) < 4.78 is 0. The van der Waals surface area contributed by atoms with Crippen molar-refractivity contribution in [3.05, 3.63) is 71.1 Å². The number of likely N-dealkylation sites (tertiary alicyclic amines) is 1. The van der Waals surface area contributed by atoms with Crippen LogP contribution in [0.1, 0.15) is 42.5 Å². The third kappa shape index (κ3) is 4.22. The Morgan fingerprint density at radius 1 is 1.10 bits per heavy atom. The summed E-state index contributed by atoms with van der Waals surface area (Å²) in [6.45, 7) is 5.29. The minimum Gasteiger partial charge on any atom is -0.872 e. The molecule has 1 saturated heterocycles. The Hall–Kier alpha value is -2.99. The van der Waals surface area contributed by atoms with Gasteiger partial charge in [-0.15, -0.1) is 0 Å². The lowest BCUT2D eigenvalue weighted by Crippen LogP contribution is -3.06. The molecule has 0 bridgehead atoms. The normalized spacial score (nSPS) is 18.8. The van der Waals surface area contributed by atoms with Gasteiger partial charge in [-0.1, -0.05) is 43.9 Å². The maximum absolute atomic E-state index is 13.2. The van der Waals surface area contributed by atoms with Gasteiger partial charge in [0.15, 0.2) is 0 Å². The molecule has 0 aliphatic carbocycles. The van der Waals surface area contributed by atoms with Crippen molar-refractivity contribution in [3.8, 4) is 0 Å². The molecule has 0 radical (unpaired) electrons. The molecule has 0 spiro atoms. The first-order valence-corrected chi connectivity index (χ1v) is 9.87. The van der Waals surface area contributed by atoms with Crippen molar-refractivity contribution >= 4 is 17.4 Å². The van der Waals surface area contributed by atoms with Crippen LogP contribution in [-0.2, 0) is 9.59 Å². The Labute approximate surface area is 171 Å². The molecule has 6 nitrogen and oxygen atoms in total. The quantitative estimate of drug-likeness (QED) is 0.442. The molecule has 1 N–H and O–H groups in total. The standard InChI is InChI=1S/C23H27N3O3/c1-15(2)16-5-7-17(8-6-16)20-19(21(27)18-9-11-24-12-10-18)22(28)23(29)26(20)14-13-25(3)4/h5-12,15,20,27H,13-14H2,1-4H3. The fourth-order valence-electron chi connectivity index (χ4n) is 3.51. The first-order valence-electron chi connectivity index (χ1n) is 9.87. The number of aromatic nitrogens is 1. The first kappa shape index (κ1) is 20.7. The van der Waals surface area contributed by atoms with Crippen molar-refractivity contribution < 1.29 is 19.6 Å². The van der Waals surface area contributed by atoms with Crippen LogP contribution in [0.25, 0.3) is 5.76 Å². The summed E-state index contributed by atoms with van der Waals surface area (Å²) in [5, 5.41) is 13.2. The van der Waals surface area contributed by atoms with Crippen LogP contribution in [0.3, 0.4) is 0 Å². The Morgan fingerprint density at radius 3 is 2.28 bits per heavy atom. The van der Waals surface area contributed by atoms with Crippen molar-refractivity contribution in [1.29, 1.82) is 0 Å². The highest BCUT2D eigenvalue weighted by Crippen LogP contribution is 2.38. The average molecular weight is 393 g/mol. The number of hydrogen-bond donors (Lipinski definition) is 1. The van der Waals surface area contributed by atoms with Crippen LogP contribution < -0.4 is 10.0 Å². The number of Topliss-reactive ketones (excluding diaryl/α,β-unsaturated/α-hetero) is 1. The number of ketones is 1. The van der Waals surface area contributed by atoms with Crippen molar-refractivity contribution in [3.63, 3.8) is 0 Å². The van der Waals surface area contributed by atoms with Crippen molar-refractivity contribution in [2.24, 2.45) is 0 Å². The third-order valence-corrected chi connectivity index (χ3v) is 5.24. The molecule has 1 aromatic heterocycles. The van der Waals surface area contributed by atoms with E-state index in [9.17, 15) is 14.7 Å². The fourth-order valence-corrected chi connectivity index (χ4v) is 3.51. The van der Waals surface area contributed by atoms with Gasteiger partial charge in [0.05, 0.1) is 33.2 Å². The Balaban J connectivity index is 2.11. The van der Waals surface area contributed by atoms with Gasteiger partial charge in [-0.25, -0.2) is 0 Å². The molecule has 1 aliphatic heterocycles. The van der Waals surface area contributed by atoms with E-state index in [0.717, 1.165) is 16.0 Å². The summed E-state index contributed by atoms with van der Waals surface area (Å²) >= 11 is 0. The number of nitrogens with zero attached hydrogens (tertiary/aromatic N) is 2. The number of amides is 1. The number of likely N-dealkylation sites (N-methyl/N-ethyl adjacent to an activating group) is 1. The second kappa shape index (κ2) is 8.57. The largest absolute Gasteiger partial charge is 0.872 e. The lowest BCUT2D eigenvalue weighted by atomic mass is 9.93. The number of nitrogens with one attached hydrogen (secondary N) is 1. The van der Waals surface area contributed by atoms with Gasteiger partial charge in [0.1, 0.15) is 0 Å². The minimum atomic E-state index is -0.710. The number of benzene rings is 1. The zero-order valence-corrected chi connectivity index (χ0v) is 17.3. The van der Waals surface area contributed by atoms with Gasteiger partial charge in [0, 0.05) is 18.0 Å². The number of rotatable bonds is 6. The maximum atomic E-state index is 13.2. The molecular formula is C23H27N3O3.